The van der Waals surface area contributed by atoms with Gasteiger partial charge in [-0.15, -0.1) is 0 Å². The number of aromatic amines is 1. The van der Waals surface area contributed by atoms with Gasteiger partial charge in [0.15, 0.2) is 0 Å². The van der Waals surface area contributed by atoms with Gasteiger partial charge in [0.05, 0.1) is 33.5 Å². The van der Waals surface area contributed by atoms with Crippen LogP contribution in [-0.4, -0.2) is 35.2 Å². The van der Waals surface area contributed by atoms with Gasteiger partial charge in [-0.1, -0.05) is 15.9 Å². The molecule has 0 bridgehead atoms. The van der Waals surface area contributed by atoms with Crippen LogP contribution in [0.3, 0.4) is 0 Å². The largest absolute Gasteiger partial charge is 0.349 e. The molecule has 2 aromatic heterocycles. The lowest BCUT2D eigenvalue weighted by Crippen LogP contribution is -3.06. The molecule has 2 N–H and O–H groups in total. The van der Waals surface area contributed by atoms with Crippen LogP contribution in [0.2, 0.25) is 0 Å². The third kappa shape index (κ3) is 2.25. The fraction of sp³-hybridized carbons (Fsp3) is 0.286. The van der Waals surface area contributed by atoms with Crippen LogP contribution in [0.1, 0.15) is 0 Å². The summed E-state index contributed by atoms with van der Waals surface area (Å²) in [5.74, 6) is 0. The lowest BCUT2D eigenvalue weighted by molar-refractivity contribution is -0.858. The second-order valence-electron chi connectivity index (χ2n) is 5.24. The van der Waals surface area contributed by atoms with Gasteiger partial charge in [0.25, 0.3) is 5.56 Å². The van der Waals surface area contributed by atoms with E-state index in [9.17, 15) is 4.79 Å². The molecule has 3 aromatic rings. The molecule has 0 amide bonds. The van der Waals surface area contributed by atoms with Gasteiger partial charge in [-0.2, -0.15) is 0 Å². The molecule has 2 heterocycles. The smallest absolute Gasteiger partial charge is 0.277 e. The normalized spacial score (nSPS) is 11.8. The minimum absolute atomic E-state index is 0.0106. The van der Waals surface area contributed by atoms with E-state index in [2.05, 4.69) is 40.0 Å². The molecule has 0 fully saturated rings. The maximum Gasteiger partial charge on any atom is 0.277 e. The summed E-state index contributed by atoms with van der Waals surface area (Å²) in [4.78, 5) is 21.4. The minimum Gasteiger partial charge on any atom is -0.349 e. The number of nitrogens with one attached hydrogen (secondary N) is 2. The SMILES string of the molecule is C[NH+](C)CCn1cnc2c([nH]c3ccc(Br)cc32)c1=O. The number of quaternary nitrogens is 1. The average molecular weight is 336 g/mol. The van der Waals surface area contributed by atoms with E-state index in [4.69, 9.17) is 0 Å². The summed E-state index contributed by atoms with van der Waals surface area (Å²) < 4.78 is 2.65. The van der Waals surface area contributed by atoms with Crippen molar-refractivity contribution in [2.75, 3.05) is 20.6 Å². The van der Waals surface area contributed by atoms with Gasteiger partial charge < -0.3 is 9.88 Å². The van der Waals surface area contributed by atoms with Crippen LogP contribution in [0.4, 0.5) is 0 Å². The molecule has 0 saturated carbocycles. The summed E-state index contributed by atoms with van der Waals surface area (Å²) in [6.07, 6.45) is 1.64. The number of benzene rings is 1. The number of aromatic nitrogens is 3. The molecule has 6 heteroatoms. The third-order valence-electron chi connectivity index (χ3n) is 3.39. The highest BCUT2D eigenvalue weighted by Crippen LogP contribution is 2.24. The first kappa shape index (κ1) is 13.3. The fourth-order valence-corrected chi connectivity index (χ4v) is 2.63. The van der Waals surface area contributed by atoms with E-state index in [-0.39, 0.29) is 5.56 Å². The van der Waals surface area contributed by atoms with Crippen LogP contribution < -0.4 is 10.5 Å². The lowest BCUT2D eigenvalue weighted by atomic mass is 10.2. The first-order chi connectivity index (χ1) is 9.56. The van der Waals surface area contributed by atoms with Crippen molar-refractivity contribution in [2.45, 2.75) is 6.54 Å². The van der Waals surface area contributed by atoms with Gasteiger partial charge in [0.1, 0.15) is 11.0 Å². The highest BCUT2D eigenvalue weighted by atomic mass is 79.9. The molecule has 104 valence electrons. The molecule has 0 aliphatic carbocycles. The monoisotopic (exact) mass is 335 g/mol. The van der Waals surface area contributed by atoms with Crippen molar-refractivity contribution in [1.82, 2.24) is 14.5 Å². The molecule has 0 radical (unpaired) electrons. The van der Waals surface area contributed by atoms with Crippen LogP contribution in [0.5, 0.6) is 0 Å². The standard InChI is InChI=1S/C14H15BrN4O/c1-18(2)5-6-19-8-16-12-10-7-9(15)3-4-11(10)17-13(12)14(19)20/h3-4,7-8,17H,5-6H2,1-2H3/p+1. The molecule has 0 atom stereocenters. The molecule has 0 unspecified atom stereocenters. The Bertz CT molecular complexity index is 834. The van der Waals surface area contributed by atoms with E-state index in [0.29, 0.717) is 12.1 Å². The average Bonchev–Trinajstić information content (AvgIpc) is 2.77. The highest BCUT2D eigenvalue weighted by molar-refractivity contribution is 9.10. The Hall–Kier alpha value is -1.66. The maximum absolute atomic E-state index is 12.5. The summed E-state index contributed by atoms with van der Waals surface area (Å²) >= 11 is 3.45. The molecule has 3 rings (SSSR count). The third-order valence-corrected chi connectivity index (χ3v) is 3.88. The minimum atomic E-state index is -0.0106. The first-order valence-electron chi connectivity index (χ1n) is 6.51. The summed E-state index contributed by atoms with van der Waals surface area (Å²) in [6.45, 7) is 1.56. The van der Waals surface area contributed by atoms with Crippen molar-refractivity contribution in [3.05, 3.63) is 39.4 Å². The number of nitrogens with zero attached hydrogens (tertiary/aromatic N) is 2. The molecule has 5 nitrogen and oxygen atoms in total. The Kier molecular flexibility index (Phi) is 3.35. The van der Waals surface area contributed by atoms with Crippen molar-refractivity contribution in [3.63, 3.8) is 0 Å². The zero-order chi connectivity index (χ0) is 14.3. The molecule has 0 spiro atoms. The van der Waals surface area contributed by atoms with E-state index < -0.39 is 0 Å². The quantitative estimate of drug-likeness (QED) is 0.743. The Labute approximate surface area is 124 Å². The second kappa shape index (κ2) is 5.03. The fourth-order valence-electron chi connectivity index (χ4n) is 2.27. The van der Waals surface area contributed by atoms with Crippen molar-refractivity contribution >= 4 is 37.9 Å². The molecule has 0 aliphatic rings. The van der Waals surface area contributed by atoms with E-state index >= 15 is 0 Å². The van der Waals surface area contributed by atoms with E-state index in [1.165, 1.54) is 4.90 Å². The van der Waals surface area contributed by atoms with Crippen LogP contribution >= 0.6 is 15.9 Å². The molecule has 0 aliphatic heterocycles. The van der Waals surface area contributed by atoms with E-state index in [1.54, 1.807) is 10.9 Å². The molecule has 20 heavy (non-hydrogen) atoms. The predicted octanol–water partition coefficient (Wildman–Crippen LogP) is 0.785. The lowest BCUT2D eigenvalue weighted by Gasteiger charge is -2.08. The Morgan fingerprint density at radius 3 is 2.95 bits per heavy atom. The number of hydrogen-bond donors (Lipinski definition) is 2. The second-order valence-corrected chi connectivity index (χ2v) is 6.15. The van der Waals surface area contributed by atoms with Crippen molar-refractivity contribution in [3.8, 4) is 0 Å². The number of rotatable bonds is 3. The topological polar surface area (TPSA) is 55.1 Å². The molecular formula is C14H16BrN4O+. The molecule has 1 aromatic carbocycles. The van der Waals surface area contributed by atoms with E-state index in [0.717, 1.165) is 27.4 Å². The van der Waals surface area contributed by atoms with Gasteiger partial charge in [0, 0.05) is 15.4 Å². The van der Waals surface area contributed by atoms with Gasteiger partial charge in [0.2, 0.25) is 0 Å². The predicted molar refractivity (Wildman–Crippen MR) is 83.2 cm³/mol. The number of likely N-dealkylation sites (N-methyl/N-ethyl adjacent to an activating group) is 1. The summed E-state index contributed by atoms with van der Waals surface area (Å²) in [6, 6.07) is 5.88. The van der Waals surface area contributed by atoms with Crippen LogP contribution in [0.15, 0.2) is 33.8 Å². The summed E-state index contributed by atoms with van der Waals surface area (Å²) in [7, 11) is 4.13. The Balaban J connectivity index is 2.18. The van der Waals surface area contributed by atoms with Crippen LogP contribution in [0.25, 0.3) is 21.9 Å². The molecule has 0 saturated heterocycles. The van der Waals surface area contributed by atoms with Crippen molar-refractivity contribution in [2.24, 2.45) is 0 Å². The first-order valence-corrected chi connectivity index (χ1v) is 7.31. The van der Waals surface area contributed by atoms with Gasteiger partial charge in [-0.3, -0.25) is 9.36 Å². The van der Waals surface area contributed by atoms with Gasteiger partial charge >= 0.3 is 0 Å². The number of hydrogen-bond acceptors (Lipinski definition) is 2. The van der Waals surface area contributed by atoms with E-state index in [1.807, 2.05) is 18.2 Å². The number of halogens is 1. The highest BCUT2D eigenvalue weighted by Gasteiger charge is 2.11. The number of H-pyrrole nitrogens is 1. The summed E-state index contributed by atoms with van der Waals surface area (Å²) in [5.41, 5.74) is 2.24. The van der Waals surface area contributed by atoms with Crippen molar-refractivity contribution in [1.29, 1.82) is 0 Å². The van der Waals surface area contributed by atoms with Crippen LogP contribution in [-0.2, 0) is 6.54 Å². The molecular weight excluding hydrogens is 320 g/mol. The van der Waals surface area contributed by atoms with Gasteiger partial charge in [-0.05, 0) is 18.2 Å². The zero-order valence-corrected chi connectivity index (χ0v) is 13.0. The Morgan fingerprint density at radius 1 is 1.40 bits per heavy atom. The van der Waals surface area contributed by atoms with Gasteiger partial charge in [-0.25, -0.2) is 4.98 Å². The number of fused-ring (bicyclic) bond motifs is 3. The van der Waals surface area contributed by atoms with Crippen LogP contribution in [0, 0.1) is 0 Å². The maximum atomic E-state index is 12.5. The summed E-state index contributed by atoms with van der Waals surface area (Å²) in [5, 5.41) is 0.969. The van der Waals surface area contributed by atoms with Crippen molar-refractivity contribution < 1.29 is 4.90 Å². The Morgan fingerprint density at radius 2 is 2.20 bits per heavy atom. The zero-order valence-electron chi connectivity index (χ0n) is 11.4.